The van der Waals surface area contributed by atoms with E-state index in [1.807, 2.05) is 0 Å². The number of alkyl halides is 3. The zero-order valence-corrected chi connectivity index (χ0v) is 7.52. The van der Waals surface area contributed by atoms with Gasteiger partial charge in [0, 0.05) is 11.5 Å². The molecule has 0 aromatic heterocycles. The largest absolute Gasteiger partial charge is 0.413 e. The minimum absolute atomic E-state index is 0.486. The SMILES string of the molecule is CC1=CC=C(C(F)(F)F)[C@H](C)C=C1. The Hall–Kier alpha value is -0.990. The Bertz CT molecular complexity index is 279. The van der Waals surface area contributed by atoms with E-state index in [1.54, 1.807) is 26.0 Å². The first kappa shape index (κ1) is 10.1. The normalized spacial score (nSPS) is 23.6. The van der Waals surface area contributed by atoms with Gasteiger partial charge in [0.25, 0.3) is 0 Å². The molecule has 72 valence electrons. The molecule has 0 amide bonds. The number of hydrogen-bond donors (Lipinski definition) is 0. The molecule has 1 aliphatic carbocycles. The Morgan fingerprint density at radius 1 is 1.23 bits per heavy atom. The van der Waals surface area contributed by atoms with Gasteiger partial charge >= 0.3 is 6.18 Å². The van der Waals surface area contributed by atoms with E-state index in [9.17, 15) is 13.2 Å². The van der Waals surface area contributed by atoms with Crippen LogP contribution >= 0.6 is 0 Å². The predicted molar refractivity (Wildman–Crippen MR) is 46.2 cm³/mol. The Morgan fingerprint density at radius 2 is 1.85 bits per heavy atom. The molecule has 0 saturated heterocycles. The van der Waals surface area contributed by atoms with Crippen LogP contribution in [-0.2, 0) is 0 Å². The lowest BCUT2D eigenvalue weighted by atomic mass is 10.0. The first-order chi connectivity index (χ1) is 5.91. The minimum Gasteiger partial charge on any atom is -0.166 e. The zero-order chi connectivity index (χ0) is 10.1. The number of halogens is 3. The lowest BCUT2D eigenvalue weighted by Gasteiger charge is -2.14. The number of hydrogen-bond acceptors (Lipinski definition) is 0. The molecule has 1 rings (SSSR count). The van der Waals surface area contributed by atoms with Crippen molar-refractivity contribution in [1.82, 2.24) is 0 Å². The Labute approximate surface area is 75.4 Å². The third-order valence-electron chi connectivity index (χ3n) is 1.99. The third kappa shape index (κ3) is 2.47. The summed E-state index contributed by atoms with van der Waals surface area (Å²) in [6, 6.07) is 0. The second-order valence-corrected chi connectivity index (χ2v) is 3.18. The number of allylic oxidation sites excluding steroid dienone is 6. The molecule has 0 N–H and O–H groups in total. The van der Waals surface area contributed by atoms with E-state index in [2.05, 4.69) is 0 Å². The summed E-state index contributed by atoms with van der Waals surface area (Å²) in [5.41, 5.74) is 0.353. The summed E-state index contributed by atoms with van der Waals surface area (Å²) in [6.07, 6.45) is 1.70. The van der Waals surface area contributed by atoms with Crippen molar-refractivity contribution >= 4 is 0 Å². The van der Waals surface area contributed by atoms with Gasteiger partial charge in [-0.2, -0.15) is 13.2 Å². The molecule has 1 aliphatic rings. The predicted octanol–water partition coefficient (Wildman–Crippen LogP) is 3.63. The van der Waals surface area contributed by atoms with Crippen LogP contribution < -0.4 is 0 Å². The van der Waals surface area contributed by atoms with E-state index < -0.39 is 17.7 Å². The highest BCUT2D eigenvalue weighted by Crippen LogP contribution is 2.33. The first-order valence-corrected chi connectivity index (χ1v) is 4.05. The smallest absolute Gasteiger partial charge is 0.166 e. The van der Waals surface area contributed by atoms with Crippen LogP contribution in [0.3, 0.4) is 0 Å². The molecule has 0 heterocycles. The molecule has 0 saturated carbocycles. The second kappa shape index (κ2) is 3.40. The summed E-state index contributed by atoms with van der Waals surface area (Å²) in [6.45, 7) is 3.32. The van der Waals surface area contributed by atoms with E-state index in [0.29, 0.717) is 0 Å². The van der Waals surface area contributed by atoms with Crippen LogP contribution in [0, 0.1) is 5.92 Å². The quantitative estimate of drug-likeness (QED) is 0.544. The van der Waals surface area contributed by atoms with Crippen molar-refractivity contribution in [2.45, 2.75) is 20.0 Å². The maximum atomic E-state index is 12.4. The van der Waals surface area contributed by atoms with Gasteiger partial charge in [-0.1, -0.05) is 36.8 Å². The summed E-state index contributed by atoms with van der Waals surface area (Å²) in [7, 11) is 0. The fraction of sp³-hybridized carbons (Fsp3) is 0.400. The van der Waals surface area contributed by atoms with Crippen molar-refractivity contribution in [2.75, 3.05) is 0 Å². The van der Waals surface area contributed by atoms with Gasteiger partial charge in [0.1, 0.15) is 0 Å². The minimum atomic E-state index is -4.22. The monoisotopic (exact) mass is 188 g/mol. The van der Waals surface area contributed by atoms with Crippen molar-refractivity contribution in [3.63, 3.8) is 0 Å². The Balaban J connectivity index is 3.03. The zero-order valence-electron chi connectivity index (χ0n) is 7.52. The second-order valence-electron chi connectivity index (χ2n) is 3.18. The molecule has 1 atom stereocenters. The summed E-state index contributed by atoms with van der Waals surface area (Å²) < 4.78 is 37.1. The van der Waals surface area contributed by atoms with Crippen molar-refractivity contribution in [3.8, 4) is 0 Å². The number of rotatable bonds is 0. The van der Waals surface area contributed by atoms with E-state index >= 15 is 0 Å². The molecule has 0 aromatic carbocycles. The van der Waals surface area contributed by atoms with Gasteiger partial charge in [0.05, 0.1) is 0 Å². The Kier molecular flexibility index (Phi) is 2.64. The van der Waals surface area contributed by atoms with Crippen LogP contribution in [0.5, 0.6) is 0 Å². The highest BCUT2D eigenvalue weighted by Gasteiger charge is 2.35. The first-order valence-electron chi connectivity index (χ1n) is 4.05. The molecule has 0 nitrogen and oxygen atoms in total. The highest BCUT2D eigenvalue weighted by molar-refractivity contribution is 5.33. The molecule has 13 heavy (non-hydrogen) atoms. The van der Waals surface area contributed by atoms with Gasteiger partial charge in [-0.15, -0.1) is 0 Å². The van der Waals surface area contributed by atoms with Gasteiger partial charge in [-0.05, 0) is 6.92 Å². The van der Waals surface area contributed by atoms with Crippen LogP contribution in [0.1, 0.15) is 13.8 Å². The van der Waals surface area contributed by atoms with E-state index in [1.165, 1.54) is 6.08 Å². The molecular formula is C10H11F3. The lowest BCUT2D eigenvalue weighted by Crippen LogP contribution is -2.16. The molecule has 0 fully saturated rings. The standard InChI is InChI=1S/C10H11F3/c1-7-3-5-8(2)9(6-4-7)10(11,12)13/h3-6,8H,1-2H3/t8-/m1/s1. The van der Waals surface area contributed by atoms with E-state index in [-0.39, 0.29) is 0 Å². The fourth-order valence-corrected chi connectivity index (χ4v) is 1.18. The van der Waals surface area contributed by atoms with Crippen LogP contribution in [0.25, 0.3) is 0 Å². The molecular weight excluding hydrogens is 177 g/mol. The summed E-state index contributed by atoms with van der Waals surface area (Å²) in [4.78, 5) is 0. The molecule has 0 spiro atoms. The summed E-state index contributed by atoms with van der Waals surface area (Å²) >= 11 is 0. The maximum Gasteiger partial charge on any atom is 0.413 e. The molecule has 0 unspecified atom stereocenters. The van der Waals surface area contributed by atoms with Crippen LogP contribution in [0.2, 0.25) is 0 Å². The van der Waals surface area contributed by atoms with Gasteiger partial charge in [-0.25, -0.2) is 0 Å². The van der Waals surface area contributed by atoms with E-state index in [0.717, 1.165) is 11.6 Å². The molecule has 0 radical (unpaired) electrons. The van der Waals surface area contributed by atoms with Gasteiger partial charge < -0.3 is 0 Å². The van der Waals surface area contributed by atoms with Crippen molar-refractivity contribution in [1.29, 1.82) is 0 Å². The lowest BCUT2D eigenvalue weighted by molar-refractivity contribution is -0.0965. The van der Waals surface area contributed by atoms with Crippen molar-refractivity contribution < 1.29 is 13.2 Å². The van der Waals surface area contributed by atoms with Crippen molar-refractivity contribution in [2.24, 2.45) is 5.92 Å². The van der Waals surface area contributed by atoms with Crippen LogP contribution in [0.15, 0.2) is 35.5 Å². The van der Waals surface area contributed by atoms with E-state index in [4.69, 9.17) is 0 Å². The fourth-order valence-electron chi connectivity index (χ4n) is 1.18. The molecule has 0 bridgehead atoms. The molecule has 0 aromatic rings. The topological polar surface area (TPSA) is 0 Å². The molecule has 0 aliphatic heterocycles. The van der Waals surface area contributed by atoms with Gasteiger partial charge in [0.2, 0.25) is 0 Å². The van der Waals surface area contributed by atoms with Gasteiger partial charge in [-0.3, -0.25) is 0 Å². The van der Waals surface area contributed by atoms with Crippen LogP contribution in [0.4, 0.5) is 13.2 Å². The Morgan fingerprint density at radius 3 is 2.38 bits per heavy atom. The van der Waals surface area contributed by atoms with Gasteiger partial charge in [0.15, 0.2) is 0 Å². The van der Waals surface area contributed by atoms with Crippen molar-refractivity contribution in [3.05, 3.63) is 35.5 Å². The van der Waals surface area contributed by atoms with Crippen LogP contribution in [-0.4, -0.2) is 6.18 Å². The summed E-state index contributed by atoms with van der Waals surface area (Å²) in [5.74, 6) is -0.561. The highest BCUT2D eigenvalue weighted by atomic mass is 19.4. The maximum absolute atomic E-state index is 12.4. The third-order valence-corrected chi connectivity index (χ3v) is 1.99. The summed E-state index contributed by atoms with van der Waals surface area (Å²) in [5, 5.41) is 0. The molecule has 3 heteroatoms. The average molecular weight is 188 g/mol. The average Bonchev–Trinajstić information content (AvgIpc) is 2.12.